The van der Waals surface area contributed by atoms with Crippen LogP contribution in [0.4, 0.5) is 0 Å². The van der Waals surface area contributed by atoms with E-state index in [4.69, 9.17) is 4.74 Å². The minimum Gasteiger partial charge on any atom is -0.383 e. The van der Waals surface area contributed by atoms with Crippen molar-refractivity contribution < 1.29 is 17.9 Å². The van der Waals surface area contributed by atoms with Crippen LogP contribution in [0.3, 0.4) is 0 Å². The normalized spacial score (nSPS) is 21.3. The highest BCUT2D eigenvalue weighted by Gasteiger charge is 2.29. The molecule has 0 saturated carbocycles. The monoisotopic (exact) mass is 293 g/mol. The maximum Gasteiger partial charge on any atom is 0.280 e. The van der Waals surface area contributed by atoms with E-state index in [9.17, 15) is 13.2 Å². The zero-order valence-corrected chi connectivity index (χ0v) is 12.3. The van der Waals surface area contributed by atoms with E-state index in [1.54, 1.807) is 0 Å². The molecule has 1 fully saturated rings. The number of hydrogen-bond acceptors (Lipinski definition) is 4. The standard InChI is InChI=1S/C11H23N3O4S/c1-10-5-3-4-7-14(10)19(16,17)13-9-11(15)12-6-8-18-2/h10,13H,3-9H2,1-2H3,(H,12,15)/t10-/m0/s1. The molecule has 0 radical (unpaired) electrons. The van der Waals surface area contributed by atoms with Crippen LogP contribution in [0.15, 0.2) is 0 Å². The van der Waals surface area contributed by atoms with Crippen molar-refractivity contribution in [1.82, 2.24) is 14.3 Å². The number of methoxy groups -OCH3 is 1. The number of amides is 1. The summed E-state index contributed by atoms with van der Waals surface area (Å²) in [4.78, 5) is 11.4. The SMILES string of the molecule is COCCNC(=O)CNS(=O)(=O)N1CCCC[C@@H]1C. The van der Waals surface area contributed by atoms with E-state index in [0.29, 0.717) is 19.7 Å². The first-order chi connectivity index (χ1) is 8.97. The Labute approximate surface area is 114 Å². The van der Waals surface area contributed by atoms with Crippen molar-refractivity contribution in [2.45, 2.75) is 32.2 Å². The minimum atomic E-state index is -3.57. The molecule has 1 rings (SSSR count). The average molecular weight is 293 g/mol. The molecule has 2 N–H and O–H groups in total. The molecular weight excluding hydrogens is 270 g/mol. The molecule has 0 spiro atoms. The summed E-state index contributed by atoms with van der Waals surface area (Å²) in [6.45, 7) is 2.94. The second-order valence-corrected chi connectivity index (χ2v) is 6.33. The molecule has 0 aliphatic carbocycles. The molecule has 1 saturated heterocycles. The van der Waals surface area contributed by atoms with Crippen LogP contribution < -0.4 is 10.0 Å². The third-order valence-electron chi connectivity index (χ3n) is 3.09. The van der Waals surface area contributed by atoms with Gasteiger partial charge in [-0.05, 0) is 19.8 Å². The molecule has 1 atom stereocenters. The molecule has 1 aliphatic rings. The van der Waals surface area contributed by atoms with E-state index in [1.807, 2.05) is 6.92 Å². The summed E-state index contributed by atoms with van der Waals surface area (Å²) in [5.41, 5.74) is 0. The fourth-order valence-electron chi connectivity index (χ4n) is 2.02. The molecule has 112 valence electrons. The lowest BCUT2D eigenvalue weighted by Crippen LogP contribution is -2.50. The zero-order chi connectivity index (χ0) is 14.3. The first-order valence-corrected chi connectivity index (χ1v) is 7.93. The molecule has 0 bridgehead atoms. The number of nitrogens with zero attached hydrogens (tertiary/aromatic N) is 1. The van der Waals surface area contributed by atoms with Crippen LogP contribution in [0.2, 0.25) is 0 Å². The van der Waals surface area contributed by atoms with E-state index in [-0.39, 0.29) is 18.5 Å². The van der Waals surface area contributed by atoms with Crippen LogP contribution in [0.5, 0.6) is 0 Å². The summed E-state index contributed by atoms with van der Waals surface area (Å²) >= 11 is 0. The Hall–Kier alpha value is -0.700. The molecule has 1 amide bonds. The van der Waals surface area contributed by atoms with Gasteiger partial charge in [-0.15, -0.1) is 0 Å². The van der Waals surface area contributed by atoms with Crippen LogP contribution in [0.1, 0.15) is 26.2 Å². The van der Waals surface area contributed by atoms with Gasteiger partial charge in [0.05, 0.1) is 13.2 Å². The molecule has 1 aliphatic heterocycles. The fourth-order valence-corrected chi connectivity index (χ4v) is 3.45. The number of hydrogen-bond donors (Lipinski definition) is 2. The van der Waals surface area contributed by atoms with E-state index in [1.165, 1.54) is 11.4 Å². The Morgan fingerprint density at radius 1 is 1.42 bits per heavy atom. The third kappa shape index (κ3) is 5.43. The van der Waals surface area contributed by atoms with Gasteiger partial charge >= 0.3 is 0 Å². The molecule has 1 heterocycles. The van der Waals surface area contributed by atoms with Crippen molar-refractivity contribution in [2.24, 2.45) is 0 Å². The first-order valence-electron chi connectivity index (χ1n) is 6.49. The van der Waals surface area contributed by atoms with E-state index in [2.05, 4.69) is 10.0 Å². The van der Waals surface area contributed by atoms with E-state index < -0.39 is 10.2 Å². The van der Waals surface area contributed by atoms with Crippen molar-refractivity contribution in [3.05, 3.63) is 0 Å². The highest BCUT2D eigenvalue weighted by atomic mass is 32.2. The smallest absolute Gasteiger partial charge is 0.280 e. The lowest BCUT2D eigenvalue weighted by atomic mass is 10.1. The van der Waals surface area contributed by atoms with Gasteiger partial charge in [0.1, 0.15) is 0 Å². The molecule has 0 unspecified atom stereocenters. The van der Waals surface area contributed by atoms with Crippen molar-refractivity contribution in [3.8, 4) is 0 Å². The number of piperidine rings is 1. The fraction of sp³-hybridized carbons (Fsp3) is 0.909. The molecule has 0 aromatic rings. The van der Waals surface area contributed by atoms with Crippen molar-refractivity contribution in [1.29, 1.82) is 0 Å². The maximum absolute atomic E-state index is 12.0. The predicted octanol–water partition coefficient (Wildman–Crippen LogP) is -0.542. The molecule has 7 nitrogen and oxygen atoms in total. The van der Waals surface area contributed by atoms with E-state index >= 15 is 0 Å². The predicted molar refractivity (Wildman–Crippen MR) is 71.8 cm³/mol. The van der Waals surface area contributed by atoms with Crippen LogP contribution in [-0.2, 0) is 19.7 Å². The van der Waals surface area contributed by atoms with Crippen LogP contribution >= 0.6 is 0 Å². The molecule has 0 aromatic heterocycles. The largest absolute Gasteiger partial charge is 0.383 e. The second kappa shape index (κ2) is 7.78. The van der Waals surface area contributed by atoms with Gasteiger partial charge in [-0.2, -0.15) is 17.4 Å². The number of nitrogens with one attached hydrogen (secondary N) is 2. The van der Waals surface area contributed by atoms with Gasteiger partial charge < -0.3 is 10.1 Å². The molecular formula is C11H23N3O4S. The number of rotatable bonds is 7. The summed E-state index contributed by atoms with van der Waals surface area (Å²) in [7, 11) is -2.03. The first kappa shape index (κ1) is 16.4. The summed E-state index contributed by atoms with van der Waals surface area (Å²) in [5, 5.41) is 2.56. The van der Waals surface area contributed by atoms with Gasteiger partial charge in [-0.25, -0.2) is 0 Å². The molecule has 19 heavy (non-hydrogen) atoms. The Bertz CT molecular complexity index is 385. The van der Waals surface area contributed by atoms with Crippen LogP contribution in [-0.4, -0.2) is 58.0 Å². The average Bonchev–Trinajstić information content (AvgIpc) is 2.37. The summed E-state index contributed by atoms with van der Waals surface area (Å²) in [6.07, 6.45) is 2.77. The number of carbonyl (C=O) groups excluding carboxylic acids is 1. The summed E-state index contributed by atoms with van der Waals surface area (Å²) in [5.74, 6) is -0.356. The third-order valence-corrected chi connectivity index (χ3v) is 4.76. The second-order valence-electron chi connectivity index (χ2n) is 4.62. The van der Waals surface area contributed by atoms with Crippen molar-refractivity contribution in [2.75, 3.05) is 33.4 Å². The number of carbonyl (C=O) groups is 1. The van der Waals surface area contributed by atoms with Crippen molar-refractivity contribution >= 4 is 16.1 Å². The lowest BCUT2D eigenvalue weighted by molar-refractivity contribution is -0.120. The Kier molecular flexibility index (Phi) is 6.70. The molecule has 0 aromatic carbocycles. The van der Waals surface area contributed by atoms with E-state index in [0.717, 1.165) is 19.3 Å². The van der Waals surface area contributed by atoms with Gasteiger partial charge in [0.2, 0.25) is 5.91 Å². The highest BCUT2D eigenvalue weighted by Crippen LogP contribution is 2.18. The van der Waals surface area contributed by atoms with Crippen LogP contribution in [0.25, 0.3) is 0 Å². The summed E-state index contributed by atoms with van der Waals surface area (Å²) < 4.78 is 32.6. The maximum atomic E-state index is 12.0. The Balaban J connectivity index is 2.39. The highest BCUT2D eigenvalue weighted by molar-refractivity contribution is 7.87. The topological polar surface area (TPSA) is 87.7 Å². The Morgan fingerprint density at radius 3 is 2.79 bits per heavy atom. The van der Waals surface area contributed by atoms with Gasteiger partial charge in [-0.3, -0.25) is 4.79 Å². The van der Waals surface area contributed by atoms with Gasteiger partial charge in [0.15, 0.2) is 0 Å². The molecule has 8 heteroatoms. The van der Waals surface area contributed by atoms with Crippen LogP contribution in [0, 0.1) is 0 Å². The lowest BCUT2D eigenvalue weighted by Gasteiger charge is -2.32. The van der Waals surface area contributed by atoms with Crippen molar-refractivity contribution in [3.63, 3.8) is 0 Å². The van der Waals surface area contributed by atoms with Gasteiger partial charge in [-0.1, -0.05) is 6.42 Å². The van der Waals surface area contributed by atoms with Gasteiger partial charge in [0, 0.05) is 26.2 Å². The summed E-state index contributed by atoms with van der Waals surface area (Å²) in [6, 6.07) is -0.0113. The number of ether oxygens (including phenoxy) is 1. The quantitative estimate of drug-likeness (QED) is 0.617. The zero-order valence-electron chi connectivity index (χ0n) is 11.5. The van der Waals surface area contributed by atoms with Gasteiger partial charge in [0.25, 0.3) is 10.2 Å². The Morgan fingerprint density at radius 2 is 2.16 bits per heavy atom. The minimum absolute atomic E-state index is 0.0113.